The van der Waals surface area contributed by atoms with E-state index in [0.717, 1.165) is 0 Å². The molecule has 0 fully saturated rings. The second-order valence-electron chi connectivity index (χ2n) is 5.89. The van der Waals surface area contributed by atoms with Gasteiger partial charge >= 0.3 is 0 Å². The maximum Gasteiger partial charge on any atom is 0.269 e. The van der Waals surface area contributed by atoms with Crippen LogP contribution in [0.4, 0.5) is 5.69 Å². The van der Waals surface area contributed by atoms with E-state index in [9.17, 15) is 25.4 Å². The fourth-order valence-electron chi connectivity index (χ4n) is 2.43. The molecule has 0 radical (unpaired) electrons. The van der Waals surface area contributed by atoms with Gasteiger partial charge in [0.05, 0.1) is 17.6 Å². The highest BCUT2D eigenvalue weighted by molar-refractivity contribution is 5.34. The molecule has 0 amide bonds. The molecule has 1 aromatic heterocycles. The highest BCUT2D eigenvalue weighted by Gasteiger charge is 2.13. The summed E-state index contributed by atoms with van der Waals surface area (Å²) in [5.74, 6) is 0.666. The molecule has 2 atom stereocenters. The first kappa shape index (κ1) is 20.6. The number of nitro groups is 1. The van der Waals surface area contributed by atoms with Gasteiger partial charge in [0, 0.05) is 25.0 Å². The van der Waals surface area contributed by atoms with E-state index >= 15 is 0 Å². The molecule has 4 N–H and O–H groups in total. The van der Waals surface area contributed by atoms with Crippen LogP contribution in [-0.4, -0.2) is 32.0 Å². The molecule has 1 heterocycles. The molecule has 0 saturated carbocycles. The quantitative estimate of drug-likeness (QED) is 0.300. The molecule has 2 aromatic rings. The number of hydrogen-bond acceptors (Lipinski definition) is 7. The number of aliphatic hydroxyl groups excluding tert-OH is 4. The summed E-state index contributed by atoms with van der Waals surface area (Å²) in [5.41, 5.74) is 3.68. The Labute approximate surface area is 155 Å². The molecule has 0 spiro atoms. The van der Waals surface area contributed by atoms with Crippen LogP contribution in [0, 0.1) is 10.1 Å². The van der Waals surface area contributed by atoms with Gasteiger partial charge in [0.15, 0.2) is 0 Å². The van der Waals surface area contributed by atoms with Crippen LogP contribution in [0.1, 0.15) is 42.1 Å². The highest BCUT2D eigenvalue weighted by atomic mass is 16.6. The number of furan rings is 1. The number of nitrogens with zero attached hydrogens (tertiary/aromatic N) is 1. The molecule has 0 aliphatic carbocycles. The van der Waals surface area contributed by atoms with Crippen molar-refractivity contribution in [3.8, 4) is 0 Å². The molecule has 0 unspecified atom stereocenters. The first-order valence-electron chi connectivity index (χ1n) is 8.28. The molecule has 0 saturated heterocycles. The summed E-state index contributed by atoms with van der Waals surface area (Å²) in [4.78, 5) is 10.1. The Morgan fingerprint density at radius 3 is 2.41 bits per heavy atom. The van der Waals surface area contributed by atoms with Crippen LogP contribution in [0.2, 0.25) is 0 Å². The Hall–Kier alpha value is -2.74. The molecule has 0 aliphatic rings. The van der Waals surface area contributed by atoms with Gasteiger partial charge in [0.25, 0.3) is 5.69 Å². The Kier molecular flexibility index (Phi) is 7.48. The number of hydrogen-bond donors (Lipinski definition) is 4. The van der Waals surface area contributed by atoms with Crippen molar-refractivity contribution < 1.29 is 29.8 Å². The molecule has 0 bridgehead atoms. The fourth-order valence-corrected chi connectivity index (χ4v) is 2.43. The standard InChI is InChI=1S/C19H21NO7/c21-11-13(2-1-3-17(23)19-9-8-16(12-22)27-19)10-18(24)14-4-6-15(7-5-14)20(25)26/h1,4-9,17-18,21-24H,3,10-12H2/t2?,17-,18-/m1/s1. The van der Waals surface area contributed by atoms with E-state index in [2.05, 4.69) is 5.73 Å². The van der Waals surface area contributed by atoms with Crippen LogP contribution in [0.5, 0.6) is 0 Å². The predicted molar refractivity (Wildman–Crippen MR) is 95.6 cm³/mol. The number of non-ortho nitro benzene ring substituents is 1. The van der Waals surface area contributed by atoms with Crippen molar-refractivity contribution >= 4 is 5.69 Å². The lowest BCUT2D eigenvalue weighted by Crippen LogP contribution is -2.02. The minimum Gasteiger partial charge on any atom is -0.461 e. The molecule has 27 heavy (non-hydrogen) atoms. The summed E-state index contributed by atoms with van der Waals surface area (Å²) >= 11 is 0. The average Bonchev–Trinajstić information content (AvgIpc) is 3.16. The second-order valence-corrected chi connectivity index (χ2v) is 5.89. The van der Waals surface area contributed by atoms with Gasteiger partial charge in [0.2, 0.25) is 0 Å². The van der Waals surface area contributed by atoms with Crippen LogP contribution in [0.15, 0.2) is 58.2 Å². The van der Waals surface area contributed by atoms with E-state index < -0.39 is 17.1 Å². The van der Waals surface area contributed by atoms with Gasteiger partial charge in [-0.25, -0.2) is 0 Å². The van der Waals surface area contributed by atoms with E-state index in [1.807, 2.05) is 0 Å². The Morgan fingerprint density at radius 1 is 1.15 bits per heavy atom. The maximum absolute atomic E-state index is 10.7. The van der Waals surface area contributed by atoms with E-state index in [1.54, 1.807) is 12.1 Å². The Bertz CT molecular complexity index is 819. The number of nitro benzene ring substituents is 1. The van der Waals surface area contributed by atoms with E-state index in [1.165, 1.54) is 30.3 Å². The van der Waals surface area contributed by atoms with Crippen LogP contribution in [0.3, 0.4) is 0 Å². The normalized spacial score (nSPS) is 12.9. The van der Waals surface area contributed by atoms with Crippen LogP contribution in [0.25, 0.3) is 0 Å². The predicted octanol–water partition coefficient (Wildman–Crippen LogP) is 2.30. The molecule has 144 valence electrons. The number of benzene rings is 1. The van der Waals surface area contributed by atoms with Gasteiger partial charge in [-0.05, 0) is 41.5 Å². The second kappa shape index (κ2) is 9.82. The molecular weight excluding hydrogens is 354 g/mol. The van der Waals surface area contributed by atoms with Crippen molar-refractivity contribution in [2.75, 3.05) is 6.61 Å². The summed E-state index contributed by atoms with van der Waals surface area (Å²) < 4.78 is 5.24. The van der Waals surface area contributed by atoms with Crippen LogP contribution in [-0.2, 0) is 6.61 Å². The van der Waals surface area contributed by atoms with Gasteiger partial charge in [-0.15, -0.1) is 5.73 Å². The summed E-state index contributed by atoms with van der Waals surface area (Å²) in [6.45, 7) is -0.580. The minimum absolute atomic E-state index is 0.0694. The summed E-state index contributed by atoms with van der Waals surface area (Å²) in [6, 6.07) is 8.66. The lowest BCUT2D eigenvalue weighted by molar-refractivity contribution is -0.384. The fraction of sp³-hybridized carbons (Fsp3) is 0.316. The highest BCUT2D eigenvalue weighted by Crippen LogP contribution is 2.23. The maximum atomic E-state index is 10.7. The van der Waals surface area contributed by atoms with Crippen molar-refractivity contribution in [1.82, 2.24) is 0 Å². The first-order chi connectivity index (χ1) is 12.9. The summed E-state index contributed by atoms with van der Waals surface area (Å²) in [7, 11) is 0. The Balaban J connectivity index is 1.99. The van der Waals surface area contributed by atoms with E-state index in [4.69, 9.17) is 9.52 Å². The number of aliphatic hydroxyl groups is 4. The zero-order chi connectivity index (χ0) is 19.8. The van der Waals surface area contributed by atoms with Gasteiger partial charge in [-0.2, -0.15) is 0 Å². The zero-order valence-corrected chi connectivity index (χ0v) is 14.5. The molecule has 1 aromatic carbocycles. The van der Waals surface area contributed by atoms with Crippen molar-refractivity contribution in [2.45, 2.75) is 31.7 Å². The number of rotatable bonds is 9. The minimum atomic E-state index is -0.948. The monoisotopic (exact) mass is 375 g/mol. The van der Waals surface area contributed by atoms with Crippen molar-refractivity contribution in [3.63, 3.8) is 0 Å². The molecule has 8 nitrogen and oxygen atoms in total. The van der Waals surface area contributed by atoms with E-state index in [-0.39, 0.29) is 31.7 Å². The Morgan fingerprint density at radius 2 is 1.85 bits per heavy atom. The smallest absolute Gasteiger partial charge is 0.269 e. The van der Waals surface area contributed by atoms with Crippen LogP contribution < -0.4 is 0 Å². The lowest BCUT2D eigenvalue weighted by Gasteiger charge is -2.11. The van der Waals surface area contributed by atoms with Crippen molar-refractivity contribution in [3.05, 3.63) is 81.0 Å². The van der Waals surface area contributed by atoms with Crippen molar-refractivity contribution in [2.24, 2.45) is 0 Å². The molecule has 2 rings (SSSR count). The summed E-state index contributed by atoms with van der Waals surface area (Å²) in [6.07, 6.45) is -0.0699. The third kappa shape index (κ3) is 5.89. The third-order valence-electron chi connectivity index (χ3n) is 3.93. The third-order valence-corrected chi connectivity index (χ3v) is 3.93. The van der Waals surface area contributed by atoms with Crippen LogP contribution >= 0.6 is 0 Å². The van der Waals surface area contributed by atoms with Crippen molar-refractivity contribution in [1.29, 1.82) is 0 Å². The topological polar surface area (TPSA) is 137 Å². The summed E-state index contributed by atoms with van der Waals surface area (Å²) in [5, 5.41) is 49.3. The molecular formula is C19H21NO7. The van der Waals surface area contributed by atoms with Gasteiger partial charge < -0.3 is 24.8 Å². The van der Waals surface area contributed by atoms with Gasteiger partial charge in [0.1, 0.15) is 24.2 Å². The van der Waals surface area contributed by atoms with Gasteiger partial charge in [-0.1, -0.05) is 0 Å². The SMILES string of the molecule is O=[N+]([O-])c1ccc([C@H](O)CC(=C=CC[C@@H](O)c2ccc(CO)o2)CO)cc1. The largest absolute Gasteiger partial charge is 0.461 e. The molecule has 8 heteroatoms. The van der Waals surface area contributed by atoms with Gasteiger partial charge in [-0.3, -0.25) is 10.1 Å². The average molecular weight is 375 g/mol. The first-order valence-corrected chi connectivity index (χ1v) is 8.28. The molecule has 0 aliphatic heterocycles. The zero-order valence-electron chi connectivity index (χ0n) is 14.5. The van der Waals surface area contributed by atoms with E-state index in [0.29, 0.717) is 22.7 Å². The lowest BCUT2D eigenvalue weighted by atomic mass is 10.0.